The van der Waals surface area contributed by atoms with E-state index in [0.717, 1.165) is 43.5 Å². The van der Waals surface area contributed by atoms with E-state index in [4.69, 9.17) is 16.3 Å². The molecule has 2 atom stereocenters. The van der Waals surface area contributed by atoms with Gasteiger partial charge in [-0.1, -0.05) is 25.4 Å². The number of hydrogen-bond acceptors (Lipinski definition) is 3. The summed E-state index contributed by atoms with van der Waals surface area (Å²) in [5.74, 6) is 0.476. The summed E-state index contributed by atoms with van der Waals surface area (Å²) in [6.45, 7) is 4.93. The molecule has 5 heteroatoms. The number of aromatic nitrogens is 2. The van der Waals surface area contributed by atoms with Crippen molar-refractivity contribution in [1.82, 2.24) is 9.78 Å². The molecule has 1 aromatic rings. The van der Waals surface area contributed by atoms with Crippen LogP contribution in [0.1, 0.15) is 69.2 Å². The monoisotopic (exact) mass is 312 g/mol. The molecule has 4 nitrogen and oxygen atoms in total. The Morgan fingerprint density at radius 3 is 2.71 bits per heavy atom. The van der Waals surface area contributed by atoms with Crippen molar-refractivity contribution in [3.05, 3.63) is 16.4 Å². The molecule has 1 saturated carbocycles. The highest BCUT2D eigenvalue weighted by Crippen LogP contribution is 2.48. The Morgan fingerprint density at radius 2 is 2.14 bits per heavy atom. The first-order valence-electron chi connectivity index (χ1n) is 7.98. The standard InChI is InChI=1S/C16H25ClN2O2/c1-10(2)13-12(15(17)19(3)18-13)14(20)11-5-8-21-16(9-11)6-4-7-16/h10-11,14,20H,4-9H2,1-3H3. The number of rotatable bonds is 3. The fourth-order valence-electron chi connectivity index (χ4n) is 3.73. The van der Waals surface area contributed by atoms with Crippen molar-refractivity contribution in [2.24, 2.45) is 13.0 Å². The predicted molar refractivity (Wildman–Crippen MR) is 82.5 cm³/mol. The van der Waals surface area contributed by atoms with Gasteiger partial charge in [0.15, 0.2) is 0 Å². The molecule has 21 heavy (non-hydrogen) atoms. The van der Waals surface area contributed by atoms with Crippen molar-refractivity contribution in [1.29, 1.82) is 0 Å². The van der Waals surface area contributed by atoms with E-state index in [1.165, 1.54) is 6.42 Å². The van der Waals surface area contributed by atoms with Crippen molar-refractivity contribution in [2.45, 2.75) is 63.6 Å². The van der Waals surface area contributed by atoms with Crippen LogP contribution in [0.4, 0.5) is 0 Å². The summed E-state index contributed by atoms with van der Waals surface area (Å²) in [5.41, 5.74) is 1.79. The Hall–Kier alpha value is -0.580. The Labute approximate surface area is 131 Å². The minimum Gasteiger partial charge on any atom is -0.388 e. The van der Waals surface area contributed by atoms with Gasteiger partial charge in [0.05, 0.1) is 17.4 Å². The second kappa shape index (κ2) is 5.56. The third kappa shape index (κ3) is 2.62. The van der Waals surface area contributed by atoms with Gasteiger partial charge in [0.1, 0.15) is 5.15 Å². The summed E-state index contributed by atoms with van der Waals surface area (Å²) in [4.78, 5) is 0. The van der Waals surface area contributed by atoms with Crippen LogP contribution in [-0.2, 0) is 11.8 Å². The van der Waals surface area contributed by atoms with Gasteiger partial charge in [0.25, 0.3) is 0 Å². The van der Waals surface area contributed by atoms with Crippen LogP contribution in [0.15, 0.2) is 0 Å². The van der Waals surface area contributed by atoms with E-state index in [1.807, 2.05) is 7.05 Å². The van der Waals surface area contributed by atoms with E-state index in [-0.39, 0.29) is 17.4 Å². The topological polar surface area (TPSA) is 47.3 Å². The number of ether oxygens (including phenoxy) is 1. The SMILES string of the molecule is CC(C)c1nn(C)c(Cl)c1C(O)C1CCOC2(CCC2)C1. The van der Waals surface area contributed by atoms with Crippen LogP contribution >= 0.6 is 11.6 Å². The molecule has 0 radical (unpaired) electrons. The fourth-order valence-corrected chi connectivity index (χ4v) is 3.98. The van der Waals surface area contributed by atoms with Crippen molar-refractivity contribution in [2.75, 3.05) is 6.61 Å². The highest BCUT2D eigenvalue weighted by atomic mass is 35.5. The number of halogens is 1. The average Bonchev–Trinajstić information content (AvgIpc) is 2.73. The Bertz CT molecular complexity index is 523. The summed E-state index contributed by atoms with van der Waals surface area (Å²) in [6.07, 6.45) is 4.81. The first-order chi connectivity index (χ1) is 9.93. The van der Waals surface area contributed by atoms with Crippen molar-refractivity contribution in [3.63, 3.8) is 0 Å². The first-order valence-corrected chi connectivity index (χ1v) is 8.35. The molecule has 0 bridgehead atoms. The Morgan fingerprint density at radius 1 is 1.43 bits per heavy atom. The number of aliphatic hydroxyl groups is 1. The van der Waals surface area contributed by atoms with E-state index in [1.54, 1.807) is 4.68 Å². The van der Waals surface area contributed by atoms with Gasteiger partial charge in [0.2, 0.25) is 0 Å². The molecule has 1 N–H and O–H groups in total. The molecule has 2 fully saturated rings. The quantitative estimate of drug-likeness (QED) is 0.928. The maximum Gasteiger partial charge on any atom is 0.132 e. The lowest BCUT2D eigenvalue weighted by Crippen LogP contribution is -2.46. The number of hydrogen-bond donors (Lipinski definition) is 1. The van der Waals surface area contributed by atoms with E-state index < -0.39 is 6.10 Å². The lowest BCUT2D eigenvalue weighted by molar-refractivity contribution is -0.157. The summed E-state index contributed by atoms with van der Waals surface area (Å²) in [6, 6.07) is 0. The number of aryl methyl sites for hydroxylation is 1. The molecule has 1 aliphatic carbocycles. The average molecular weight is 313 g/mol. The molecule has 0 amide bonds. The number of aliphatic hydroxyl groups excluding tert-OH is 1. The van der Waals surface area contributed by atoms with Crippen LogP contribution in [0.25, 0.3) is 0 Å². The van der Waals surface area contributed by atoms with Crippen LogP contribution in [-0.4, -0.2) is 27.1 Å². The molecule has 0 aromatic carbocycles. The van der Waals surface area contributed by atoms with Crippen LogP contribution in [0.2, 0.25) is 5.15 Å². The Balaban J connectivity index is 1.86. The predicted octanol–water partition coefficient (Wildman–Crippen LogP) is 3.58. The van der Waals surface area contributed by atoms with Crippen LogP contribution in [0.5, 0.6) is 0 Å². The molecular formula is C16H25ClN2O2. The van der Waals surface area contributed by atoms with E-state index in [9.17, 15) is 5.11 Å². The summed E-state index contributed by atoms with van der Waals surface area (Å²) in [5, 5.41) is 16.0. The molecule has 1 saturated heterocycles. The van der Waals surface area contributed by atoms with Crippen LogP contribution < -0.4 is 0 Å². The van der Waals surface area contributed by atoms with Crippen molar-refractivity contribution >= 4 is 11.6 Å². The molecule has 118 valence electrons. The largest absolute Gasteiger partial charge is 0.388 e. The Kier molecular flexibility index (Phi) is 4.06. The molecule has 1 aromatic heterocycles. The minimum absolute atomic E-state index is 0.0383. The lowest BCUT2D eigenvalue weighted by Gasteiger charge is -2.48. The maximum absolute atomic E-state index is 10.9. The van der Waals surface area contributed by atoms with Gasteiger partial charge in [-0.2, -0.15) is 5.10 Å². The van der Waals surface area contributed by atoms with Gasteiger partial charge in [0, 0.05) is 19.2 Å². The van der Waals surface area contributed by atoms with E-state index in [2.05, 4.69) is 18.9 Å². The maximum atomic E-state index is 10.9. The van der Waals surface area contributed by atoms with Gasteiger partial charge in [-0.15, -0.1) is 0 Å². The summed E-state index contributed by atoms with van der Waals surface area (Å²) in [7, 11) is 1.84. The summed E-state index contributed by atoms with van der Waals surface area (Å²) < 4.78 is 7.64. The molecule has 3 rings (SSSR count). The van der Waals surface area contributed by atoms with Gasteiger partial charge in [-0.25, -0.2) is 0 Å². The third-order valence-electron chi connectivity index (χ3n) is 5.13. The van der Waals surface area contributed by atoms with Gasteiger partial charge in [-0.3, -0.25) is 4.68 Å². The third-order valence-corrected chi connectivity index (χ3v) is 5.57. The van der Waals surface area contributed by atoms with Crippen LogP contribution in [0.3, 0.4) is 0 Å². The molecule has 2 heterocycles. The first kappa shape index (κ1) is 15.3. The highest BCUT2D eigenvalue weighted by Gasteiger charge is 2.45. The van der Waals surface area contributed by atoms with Gasteiger partial charge in [-0.05, 0) is 43.9 Å². The number of nitrogens with zero attached hydrogens (tertiary/aromatic N) is 2. The van der Waals surface area contributed by atoms with E-state index in [0.29, 0.717) is 5.15 Å². The zero-order chi connectivity index (χ0) is 15.2. The molecule has 1 spiro atoms. The van der Waals surface area contributed by atoms with Crippen molar-refractivity contribution in [3.8, 4) is 0 Å². The minimum atomic E-state index is -0.537. The zero-order valence-electron chi connectivity index (χ0n) is 13.1. The molecule has 1 aliphatic heterocycles. The van der Waals surface area contributed by atoms with Crippen molar-refractivity contribution < 1.29 is 9.84 Å². The molecule has 2 unspecified atom stereocenters. The lowest BCUT2D eigenvalue weighted by atomic mass is 9.70. The van der Waals surface area contributed by atoms with Crippen LogP contribution in [0, 0.1) is 5.92 Å². The van der Waals surface area contributed by atoms with E-state index >= 15 is 0 Å². The molecule has 2 aliphatic rings. The zero-order valence-corrected chi connectivity index (χ0v) is 13.9. The fraction of sp³-hybridized carbons (Fsp3) is 0.812. The highest BCUT2D eigenvalue weighted by molar-refractivity contribution is 6.30. The normalized spacial score (nSPS) is 26.1. The molecular weight excluding hydrogens is 288 g/mol. The summed E-state index contributed by atoms with van der Waals surface area (Å²) >= 11 is 6.40. The van der Waals surface area contributed by atoms with Gasteiger partial charge >= 0.3 is 0 Å². The smallest absolute Gasteiger partial charge is 0.132 e. The second-order valence-electron chi connectivity index (χ2n) is 6.95. The second-order valence-corrected chi connectivity index (χ2v) is 7.31. The van der Waals surface area contributed by atoms with Gasteiger partial charge < -0.3 is 9.84 Å².